The van der Waals surface area contributed by atoms with Gasteiger partial charge >= 0.3 is 6.09 Å². The molecule has 0 aliphatic heterocycles. The molecule has 1 heterocycles. The summed E-state index contributed by atoms with van der Waals surface area (Å²) >= 11 is 0. The smallest absolute Gasteiger partial charge is 0.407 e. The Morgan fingerprint density at radius 3 is 2.29 bits per heavy atom. The fourth-order valence-corrected chi connectivity index (χ4v) is 8.56. The molecule has 0 spiro atoms. The molecule has 1 aromatic heterocycles. The maximum absolute atomic E-state index is 13.1. The summed E-state index contributed by atoms with van der Waals surface area (Å²) in [4.78, 5) is 46.5. The molecule has 4 aliphatic carbocycles. The van der Waals surface area contributed by atoms with Crippen LogP contribution in [0.3, 0.4) is 0 Å². The van der Waals surface area contributed by atoms with Crippen molar-refractivity contribution in [2.75, 3.05) is 10.6 Å². The Morgan fingerprint density at radius 2 is 1.52 bits per heavy atom. The Kier molecular flexibility index (Phi) is 9.56. The van der Waals surface area contributed by atoms with E-state index < -0.39 is 11.5 Å². The van der Waals surface area contributed by atoms with Crippen molar-refractivity contribution in [1.82, 2.24) is 15.3 Å². The van der Waals surface area contributed by atoms with Gasteiger partial charge in [0.2, 0.25) is 11.8 Å². The molecule has 10 nitrogen and oxygen atoms in total. The number of fused-ring (bicyclic) bond motifs is 4. The van der Waals surface area contributed by atoms with Gasteiger partial charge in [-0.05, 0) is 107 Å². The van der Waals surface area contributed by atoms with E-state index in [1.807, 2.05) is 61.5 Å². The van der Waals surface area contributed by atoms with Crippen LogP contribution < -0.4 is 21.7 Å². The van der Waals surface area contributed by atoms with Crippen LogP contribution in [0, 0.1) is 24.7 Å². The number of nitrogens with zero attached hydrogens (tertiary/aromatic N) is 2. The highest BCUT2D eigenvalue weighted by molar-refractivity contribution is 5.96. The minimum absolute atomic E-state index is 0.0170. The molecular weight excluding hydrogens is 604 g/mol. The molecule has 7 rings (SSSR count). The van der Waals surface area contributed by atoms with Crippen LogP contribution in [0.4, 0.5) is 16.3 Å². The number of rotatable bonds is 7. The van der Waals surface area contributed by atoms with E-state index in [-0.39, 0.29) is 34.9 Å². The van der Waals surface area contributed by atoms with Crippen molar-refractivity contribution in [3.05, 3.63) is 83.8 Å². The van der Waals surface area contributed by atoms with E-state index >= 15 is 0 Å². The lowest BCUT2D eigenvalue weighted by molar-refractivity contribution is -0.127. The van der Waals surface area contributed by atoms with Gasteiger partial charge < -0.3 is 26.4 Å². The molecule has 3 aromatic rings. The molecule has 0 saturated heterocycles. The molecule has 4 fully saturated rings. The highest BCUT2D eigenvalue weighted by Gasteiger charge is 2.56. The number of benzene rings is 2. The van der Waals surface area contributed by atoms with Crippen molar-refractivity contribution in [1.29, 1.82) is 0 Å². The van der Waals surface area contributed by atoms with Gasteiger partial charge in [-0.25, -0.2) is 14.8 Å². The van der Waals surface area contributed by atoms with Gasteiger partial charge in [0.15, 0.2) is 0 Å². The number of nitrogens with one attached hydrogen (secondary N) is 3. The van der Waals surface area contributed by atoms with Gasteiger partial charge in [0.1, 0.15) is 18.2 Å². The number of hydrogen-bond donors (Lipinski definition) is 4. The third-order valence-corrected chi connectivity index (χ3v) is 11.0. The summed E-state index contributed by atoms with van der Waals surface area (Å²) in [6, 6.07) is 19.3. The predicted molar refractivity (Wildman–Crippen MR) is 185 cm³/mol. The lowest BCUT2D eigenvalue weighted by atomic mass is 9.72. The number of carbonyl (C=O) groups excluding carboxylic acids is 3. The number of carbonyl (C=O) groups is 3. The molecule has 0 radical (unpaired) electrons. The molecule has 4 unspecified atom stereocenters. The van der Waals surface area contributed by atoms with Crippen LogP contribution in [0.2, 0.25) is 0 Å². The quantitative estimate of drug-likeness (QED) is 0.221. The Labute approximate surface area is 283 Å². The van der Waals surface area contributed by atoms with E-state index in [0.29, 0.717) is 18.1 Å². The first-order valence-corrected chi connectivity index (χ1v) is 17.3. The minimum Gasteiger partial charge on any atom is -0.445 e. The molecule has 10 heteroatoms. The Balaban J connectivity index is 0.000000182. The first-order chi connectivity index (χ1) is 23.0. The summed E-state index contributed by atoms with van der Waals surface area (Å²) in [5.41, 5.74) is 8.25. The summed E-state index contributed by atoms with van der Waals surface area (Å²) < 4.78 is 5.41. The molecule has 2 aromatic carbocycles. The summed E-state index contributed by atoms with van der Waals surface area (Å²) in [7, 11) is 0. The fraction of sp³-hybridized carbons (Fsp3) is 0.500. The molecule has 5 N–H and O–H groups in total. The average Bonchev–Trinajstić information content (AvgIpc) is 3.48. The van der Waals surface area contributed by atoms with Gasteiger partial charge in [-0.15, -0.1) is 0 Å². The number of ether oxygens (including phenoxy) is 1. The fourth-order valence-electron chi connectivity index (χ4n) is 8.56. The van der Waals surface area contributed by atoms with Gasteiger partial charge in [0, 0.05) is 23.0 Å². The third-order valence-electron chi connectivity index (χ3n) is 11.0. The van der Waals surface area contributed by atoms with Crippen molar-refractivity contribution in [2.45, 2.75) is 109 Å². The number of alkyl carbamates (subject to hydrolysis) is 1. The van der Waals surface area contributed by atoms with Gasteiger partial charge in [-0.3, -0.25) is 9.59 Å². The topological polar surface area (TPSA) is 148 Å². The summed E-state index contributed by atoms with van der Waals surface area (Å²) in [6.45, 7) is 4.07. The van der Waals surface area contributed by atoms with Crippen LogP contribution >= 0.6 is 0 Å². The van der Waals surface area contributed by atoms with E-state index in [9.17, 15) is 14.4 Å². The van der Waals surface area contributed by atoms with Crippen LogP contribution in [-0.4, -0.2) is 39.0 Å². The monoisotopic (exact) mass is 652 g/mol. The Morgan fingerprint density at radius 1 is 0.792 bits per heavy atom. The summed E-state index contributed by atoms with van der Waals surface area (Å²) in [5.74, 6) is 1.30. The summed E-state index contributed by atoms with van der Waals surface area (Å²) in [5, 5.41) is 9.13. The zero-order valence-electron chi connectivity index (χ0n) is 28.1. The lowest BCUT2D eigenvalue weighted by Crippen LogP contribution is -2.51. The standard InChI is InChI=1S/C22H26N4O3.C16H22N2O/c1-16-23-13-8-18(24-16)25-19(27)21-9-5-10-22(15-21,12-11-21)26-20(28)29-14-17-6-3-2-4-7-17;1-12-4-2-5-13(10-12)18-14(19)15-6-3-7-16(17,11-15)9-8-15/h2-4,6-8,13H,5,9-12,14-15H2,1H3,(H,26,28)(H,23,24,25,27);2,4-5,10H,3,6-9,11,17H2,1H3,(H,18,19). The average molecular weight is 653 g/mol. The molecular formula is C38H48N6O4. The lowest BCUT2D eigenvalue weighted by Gasteiger charge is -2.38. The van der Waals surface area contributed by atoms with Crippen molar-refractivity contribution in [3.63, 3.8) is 0 Å². The first kappa shape index (κ1) is 33.6. The van der Waals surface area contributed by atoms with Gasteiger partial charge in [0.25, 0.3) is 0 Å². The second-order valence-corrected chi connectivity index (χ2v) is 14.7. The maximum atomic E-state index is 13.1. The predicted octanol–water partition coefficient (Wildman–Crippen LogP) is 6.73. The first-order valence-electron chi connectivity index (χ1n) is 17.3. The normalized spacial score (nSPS) is 28.4. The second-order valence-electron chi connectivity index (χ2n) is 14.7. The number of amides is 3. The molecule has 48 heavy (non-hydrogen) atoms. The van der Waals surface area contributed by atoms with E-state index in [0.717, 1.165) is 81.9 Å². The molecule has 4 aliphatic rings. The molecule has 4 bridgehead atoms. The van der Waals surface area contributed by atoms with Gasteiger partial charge in [-0.2, -0.15) is 0 Å². The van der Waals surface area contributed by atoms with Crippen LogP contribution in [0.25, 0.3) is 0 Å². The zero-order valence-corrected chi connectivity index (χ0v) is 28.1. The molecule has 3 amide bonds. The van der Waals surface area contributed by atoms with E-state index in [2.05, 4.69) is 25.9 Å². The number of aromatic nitrogens is 2. The van der Waals surface area contributed by atoms with Crippen molar-refractivity contribution in [3.8, 4) is 0 Å². The minimum atomic E-state index is -0.468. The highest BCUT2D eigenvalue weighted by Crippen LogP contribution is 2.54. The van der Waals surface area contributed by atoms with Crippen LogP contribution in [0.15, 0.2) is 66.9 Å². The maximum Gasteiger partial charge on any atom is 0.407 e. The van der Waals surface area contributed by atoms with Crippen LogP contribution in [0.5, 0.6) is 0 Å². The highest BCUT2D eigenvalue weighted by atomic mass is 16.5. The van der Waals surface area contributed by atoms with Crippen LogP contribution in [-0.2, 0) is 20.9 Å². The third kappa shape index (κ3) is 7.54. The molecule has 254 valence electrons. The Hall–Kier alpha value is -4.31. The SMILES string of the molecule is Cc1cccc(NC(=O)C23CCCC(N)(CC2)C3)c1.Cc1nccc(NC(=O)C23CCCC(NC(=O)OCc4ccccc4)(CC2)C3)n1. The van der Waals surface area contributed by atoms with Gasteiger partial charge in [0.05, 0.1) is 10.8 Å². The van der Waals surface area contributed by atoms with Gasteiger partial charge in [-0.1, -0.05) is 55.3 Å². The van der Waals surface area contributed by atoms with Crippen LogP contribution in [0.1, 0.15) is 94.0 Å². The number of aryl methyl sites for hydroxylation is 2. The van der Waals surface area contributed by atoms with Crippen molar-refractivity contribution in [2.24, 2.45) is 16.6 Å². The van der Waals surface area contributed by atoms with Crippen molar-refractivity contribution < 1.29 is 19.1 Å². The molecule has 4 atom stereocenters. The number of nitrogens with two attached hydrogens (primary N) is 1. The zero-order chi connectivity index (χ0) is 33.8. The van der Waals surface area contributed by atoms with E-state index in [1.54, 1.807) is 19.2 Å². The van der Waals surface area contributed by atoms with Crippen molar-refractivity contribution >= 4 is 29.4 Å². The van der Waals surface area contributed by atoms with E-state index in [4.69, 9.17) is 10.5 Å². The summed E-state index contributed by atoms with van der Waals surface area (Å²) in [6.07, 6.45) is 11.9. The number of hydrogen-bond acceptors (Lipinski definition) is 7. The second kappa shape index (κ2) is 13.7. The largest absolute Gasteiger partial charge is 0.445 e. The number of anilines is 2. The Bertz CT molecular complexity index is 1650. The molecule has 4 saturated carbocycles. The van der Waals surface area contributed by atoms with E-state index in [1.165, 1.54) is 5.56 Å².